The van der Waals surface area contributed by atoms with Crippen LogP contribution in [0.15, 0.2) is 48.5 Å². The van der Waals surface area contributed by atoms with Gasteiger partial charge in [-0.3, -0.25) is 4.79 Å². The third-order valence-corrected chi connectivity index (χ3v) is 5.01. The number of carbonyl (C=O) groups is 1. The molecule has 0 radical (unpaired) electrons. The van der Waals surface area contributed by atoms with Crippen molar-refractivity contribution in [3.63, 3.8) is 0 Å². The van der Waals surface area contributed by atoms with Gasteiger partial charge in [0.2, 0.25) is 5.91 Å². The fourth-order valence-electron chi connectivity index (χ4n) is 3.53. The maximum Gasteiger partial charge on any atom is 0.235 e. The molecule has 24 heavy (non-hydrogen) atoms. The molecule has 0 aliphatic heterocycles. The third-order valence-electron chi connectivity index (χ3n) is 4.77. The smallest absolute Gasteiger partial charge is 0.235 e. The summed E-state index contributed by atoms with van der Waals surface area (Å²) in [6.07, 6.45) is 4.32. The summed E-state index contributed by atoms with van der Waals surface area (Å²) in [7, 11) is 0. The molecular weight excluding hydrogens is 320 g/mol. The predicted octanol–water partition coefficient (Wildman–Crippen LogP) is 3.66. The Hall–Kier alpha value is -1.84. The highest BCUT2D eigenvalue weighted by molar-refractivity contribution is 6.27. The van der Waals surface area contributed by atoms with Crippen LogP contribution in [0.3, 0.4) is 0 Å². The summed E-state index contributed by atoms with van der Waals surface area (Å²) in [5, 5.41) is 2.91. The maximum absolute atomic E-state index is 11.1. The quantitative estimate of drug-likeness (QED) is 0.818. The first kappa shape index (κ1) is 17.0. The van der Waals surface area contributed by atoms with Gasteiger partial charge in [0.15, 0.2) is 0 Å². The van der Waals surface area contributed by atoms with Crippen LogP contribution in [-0.4, -0.2) is 11.8 Å². The molecule has 3 nitrogen and oxygen atoms in total. The Morgan fingerprint density at radius 1 is 1.00 bits per heavy atom. The van der Waals surface area contributed by atoms with Gasteiger partial charge in [-0.1, -0.05) is 48.5 Å². The number of rotatable bonds is 2. The average molecular weight is 343 g/mol. The summed E-state index contributed by atoms with van der Waals surface area (Å²) in [6, 6.07) is 17.1. The number of halogens is 1. The molecule has 0 saturated heterocycles. The second-order valence-corrected chi connectivity index (χ2v) is 6.60. The van der Waals surface area contributed by atoms with Gasteiger partial charge in [0.05, 0.1) is 6.04 Å². The van der Waals surface area contributed by atoms with E-state index in [-0.39, 0.29) is 17.8 Å². The number of benzene rings is 2. The van der Waals surface area contributed by atoms with E-state index in [2.05, 4.69) is 41.7 Å². The Bertz CT molecular complexity index is 716. The second kappa shape index (κ2) is 7.82. The lowest BCUT2D eigenvalue weighted by Crippen LogP contribution is -2.27. The Morgan fingerprint density at radius 3 is 2.25 bits per heavy atom. The van der Waals surface area contributed by atoms with E-state index in [1.54, 1.807) is 0 Å². The Morgan fingerprint density at radius 2 is 1.58 bits per heavy atom. The zero-order valence-corrected chi connectivity index (χ0v) is 14.4. The number of nitrogens with one attached hydrogen (secondary N) is 1. The van der Waals surface area contributed by atoms with Crippen LogP contribution in [-0.2, 0) is 17.6 Å². The van der Waals surface area contributed by atoms with E-state index < -0.39 is 0 Å². The van der Waals surface area contributed by atoms with Crippen LogP contribution < -0.4 is 11.1 Å². The number of hydrogen-bond acceptors (Lipinski definition) is 2. The van der Waals surface area contributed by atoms with Gasteiger partial charge in [-0.25, -0.2) is 0 Å². The summed E-state index contributed by atoms with van der Waals surface area (Å²) in [5.41, 5.74) is 11.2. The molecule has 0 spiro atoms. The van der Waals surface area contributed by atoms with Crippen molar-refractivity contribution in [3.05, 3.63) is 70.8 Å². The van der Waals surface area contributed by atoms with E-state index >= 15 is 0 Å². The molecule has 2 atom stereocenters. The molecule has 4 heteroatoms. The number of carbonyl (C=O) groups excluding carboxylic acids is 1. The van der Waals surface area contributed by atoms with Gasteiger partial charge >= 0.3 is 0 Å². The van der Waals surface area contributed by atoms with E-state index in [1.807, 2.05) is 12.1 Å². The van der Waals surface area contributed by atoms with Crippen LogP contribution in [0.2, 0.25) is 0 Å². The fraction of sp³-hybridized carbons (Fsp3) is 0.350. The topological polar surface area (TPSA) is 55.1 Å². The van der Waals surface area contributed by atoms with E-state index in [9.17, 15) is 4.79 Å². The lowest BCUT2D eigenvalue weighted by molar-refractivity contribution is -0.119. The SMILES string of the molecule is NC1CCc2ccccc21.O=C(CCl)NC1CCc2ccccc21. The summed E-state index contributed by atoms with van der Waals surface area (Å²) >= 11 is 5.45. The van der Waals surface area contributed by atoms with Crippen LogP contribution >= 0.6 is 11.6 Å². The first-order chi connectivity index (χ1) is 11.7. The van der Waals surface area contributed by atoms with Crippen LogP contribution in [0.5, 0.6) is 0 Å². The first-order valence-corrected chi connectivity index (χ1v) is 8.99. The normalized spacial score (nSPS) is 20.6. The molecular formula is C20H23ClN2O. The summed E-state index contributed by atoms with van der Waals surface area (Å²) in [4.78, 5) is 11.1. The highest BCUT2D eigenvalue weighted by Crippen LogP contribution is 2.30. The van der Waals surface area contributed by atoms with Gasteiger partial charge in [-0.2, -0.15) is 0 Å². The third kappa shape index (κ3) is 3.80. The molecule has 0 aromatic heterocycles. The highest BCUT2D eigenvalue weighted by Gasteiger charge is 2.22. The number of alkyl halides is 1. The van der Waals surface area contributed by atoms with Gasteiger partial charge in [0.1, 0.15) is 5.88 Å². The molecule has 4 rings (SSSR count). The van der Waals surface area contributed by atoms with Crippen molar-refractivity contribution in [2.45, 2.75) is 37.8 Å². The zero-order chi connectivity index (χ0) is 16.9. The molecule has 2 aromatic carbocycles. The van der Waals surface area contributed by atoms with Gasteiger partial charge in [0, 0.05) is 6.04 Å². The number of fused-ring (bicyclic) bond motifs is 2. The van der Waals surface area contributed by atoms with Crippen molar-refractivity contribution < 1.29 is 4.79 Å². The maximum atomic E-state index is 11.1. The monoisotopic (exact) mass is 342 g/mol. The second-order valence-electron chi connectivity index (χ2n) is 6.34. The highest BCUT2D eigenvalue weighted by atomic mass is 35.5. The van der Waals surface area contributed by atoms with E-state index in [1.165, 1.54) is 22.3 Å². The Labute approximate surface area is 148 Å². The lowest BCUT2D eigenvalue weighted by Gasteiger charge is -2.12. The summed E-state index contributed by atoms with van der Waals surface area (Å²) < 4.78 is 0. The predicted molar refractivity (Wildman–Crippen MR) is 98.1 cm³/mol. The Kier molecular flexibility index (Phi) is 5.54. The zero-order valence-electron chi connectivity index (χ0n) is 13.7. The number of hydrogen-bond donors (Lipinski definition) is 2. The van der Waals surface area contributed by atoms with E-state index in [0.717, 1.165) is 25.7 Å². The standard InChI is InChI=1S/C11H12ClNO.C9H11N/c12-7-11(14)13-10-6-5-8-3-1-2-4-9(8)10;10-9-6-5-7-3-1-2-4-8(7)9/h1-4,10H,5-7H2,(H,13,14);1-4,9H,5-6,10H2. The summed E-state index contributed by atoms with van der Waals surface area (Å²) in [6.45, 7) is 0. The lowest BCUT2D eigenvalue weighted by atomic mass is 10.1. The van der Waals surface area contributed by atoms with E-state index in [0.29, 0.717) is 6.04 Å². The van der Waals surface area contributed by atoms with Gasteiger partial charge in [-0.15, -0.1) is 11.6 Å². The number of aryl methyl sites for hydroxylation is 2. The Balaban J connectivity index is 0.000000149. The van der Waals surface area contributed by atoms with Crippen molar-refractivity contribution >= 4 is 17.5 Å². The first-order valence-electron chi connectivity index (χ1n) is 8.45. The van der Waals surface area contributed by atoms with Crippen LogP contribution in [0.4, 0.5) is 0 Å². The fourth-order valence-corrected chi connectivity index (χ4v) is 3.61. The van der Waals surface area contributed by atoms with Crippen molar-refractivity contribution in [3.8, 4) is 0 Å². The minimum Gasteiger partial charge on any atom is -0.348 e. The molecule has 0 saturated carbocycles. The number of amides is 1. The van der Waals surface area contributed by atoms with Crippen molar-refractivity contribution in [2.24, 2.45) is 5.73 Å². The minimum absolute atomic E-state index is 0.0403. The summed E-state index contributed by atoms with van der Waals surface area (Å²) in [5.74, 6) is -0.0491. The molecule has 3 N–H and O–H groups in total. The number of nitrogens with two attached hydrogens (primary N) is 1. The average Bonchev–Trinajstić information content (AvgIpc) is 3.20. The largest absolute Gasteiger partial charge is 0.348 e. The molecule has 0 heterocycles. The minimum atomic E-state index is -0.0895. The molecule has 0 fully saturated rings. The molecule has 2 aliphatic carbocycles. The molecule has 126 valence electrons. The molecule has 2 aliphatic rings. The molecule has 0 bridgehead atoms. The van der Waals surface area contributed by atoms with Crippen molar-refractivity contribution in [2.75, 3.05) is 5.88 Å². The van der Waals surface area contributed by atoms with E-state index in [4.69, 9.17) is 17.3 Å². The van der Waals surface area contributed by atoms with Crippen LogP contribution in [0.1, 0.15) is 47.2 Å². The molecule has 2 aromatic rings. The van der Waals surface area contributed by atoms with Gasteiger partial charge in [0.25, 0.3) is 0 Å². The van der Waals surface area contributed by atoms with Crippen molar-refractivity contribution in [1.82, 2.24) is 5.32 Å². The van der Waals surface area contributed by atoms with Crippen LogP contribution in [0, 0.1) is 0 Å². The van der Waals surface area contributed by atoms with Crippen molar-refractivity contribution in [1.29, 1.82) is 0 Å². The van der Waals surface area contributed by atoms with Gasteiger partial charge < -0.3 is 11.1 Å². The van der Waals surface area contributed by atoms with Gasteiger partial charge in [-0.05, 0) is 47.9 Å². The van der Waals surface area contributed by atoms with Crippen LogP contribution in [0.25, 0.3) is 0 Å². The molecule has 1 amide bonds. The molecule has 2 unspecified atom stereocenters.